The first kappa shape index (κ1) is 38.2. The van der Waals surface area contributed by atoms with Crippen molar-refractivity contribution in [3.63, 3.8) is 0 Å². The minimum atomic E-state index is -0.909. The summed E-state index contributed by atoms with van der Waals surface area (Å²) < 4.78 is 43.9. The second-order valence-electron chi connectivity index (χ2n) is 12.1. The molecule has 0 spiro atoms. The van der Waals surface area contributed by atoms with Crippen molar-refractivity contribution in [2.45, 2.75) is 64.8 Å². The summed E-state index contributed by atoms with van der Waals surface area (Å²) >= 11 is 0. The van der Waals surface area contributed by atoms with Gasteiger partial charge >= 0.3 is 5.97 Å². The number of nitrogens with one attached hydrogen (secondary N) is 2. The number of anilines is 1. The molecule has 4 rings (SSSR count). The van der Waals surface area contributed by atoms with Crippen LogP contribution in [0, 0.1) is 11.6 Å². The van der Waals surface area contributed by atoms with E-state index in [1.165, 1.54) is 45.4 Å². The summed E-state index contributed by atoms with van der Waals surface area (Å²) in [6.45, 7) is 4.14. The molecule has 1 unspecified atom stereocenters. The van der Waals surface area contributed by atoms with E-state index in [0.717, 1.165) is 31.0 Å². The molecule has 0 radical (unpaired) electrons. The molecule has 1 atom stereocenters. The zero-order valence-electron chi connectivity index (χ0n) is 28.9. The molecule has 2 N–H and O–H groups in total. The van der Waals surface area contributed by atoms with Crippen molar-refractivity contribution in [1.82, 2.24) is 5.32 Å². The number of amides is 2. The van der Waals surface area contributed by atoms with Crippen molar-refractivity contribution < 1.29 is 42.2 Å². The Morgan fingerprint density at radius 3 is 2.18 bits per heavy atom. The number of rotatable bonds is 18. The quantitative estimate of drug-likeness (QED) is 0.0622. The highest BCUT2D eigenvalue weighted by Crippen LogP contribution is 2.30. The Morgan fingerprint density at radius 2 is 1.49 bits per heavy atom. The smallest absolute Gasteiger partial charge is 0.343 e. The van der Waals surface area contributed by atoms with Gasteiger partial charge in [0, 0.05) is 17.3 Å². The van der Waals surface area contributed by atoms with E-state index >= 15 is 0 Å². The van der Waals surface area contributed by atoms with Crippen LogP contribution >= 0.6 is 0 Å². The SMILES string of the molecule is CCCCCCCOc1ccc(C(=O)Oc2ccc(CC(NC(=O)c3cccc(NC(=O)Cc4cc(F)cc(F)c4)c3)C(C)=O)cc2OC)cc1. The fraction of sp³-hybridized carbons (Fsp3) is 0.300. The summed E-state index contributed by atoms with van der Waals surface area (Å²) in [5, 5.41) is 5.34. The van der Waals surface area contributed by atoms with E-state index in [4.69, 9.17) is 14.2 Å². The van der Waals surface area contributed by atoms with Crippen LogP contribution in [0.15, 0.2) is 84.9 Å². The van der Waals surface area contributed by atoms with Crippen LogP contribution in [0.5, 0.6) is 17.2 Å². The molecule has 0 fully saturated rings. The minimum Gasteiger partial charge on any atom is -0.494 e. The number of halogens is 2. The van der Waals surface area contributed by atoms with Gasteiger partial charge in [-0.05, 0) is 97.6 Å². The molecule has 2 amide bonds. The van der Waals surface area contributed by atoms with Crippen molar-refractivity contribution in [2.24, 2.45) is 0 Å². The van der Waals surface area contributed by atoms with E-state index in [2.05, 4.69) is 17.6 Å². The second kappa shape index (κ2) is 19.0. The topological polar surface area (TPSA) is 120 Å². The van der Waals surface area contributed by atoms with Crippen LogP contribution in [0.25, 0.3) is 0 Å². The molecule has 0 aliphatic carbocycles. The van der Waals surface area contributed by atoms with Crippen molar-refractivity contribution in [3.8, 4) is 17.2 Å². The van der Waals surface area contributed by atoms with Gasteiger partial charge in [0.15, 0.2) is 17.3 Å². The average Bonchev–Trinajstić information content (AvgIpc) is 3.09. The van der Waals surface area contributed by atoms with Gasteiger partial charge in [-0.25, -0.2) is 13.6 Å². The first-order chi connectivity index (χ1) is 24.5. The van der Waals surface area contributed by atoms with Gasteiger partial charge in [-0.2, -0.15) is 0 Å². The number of Topliss-reactive ketones (excluding diaryl/α,β-unsaturated/α-hetero) is 1. The van der Waals surface area contributed by atoms with E-state index < -0.39 is 35.5 Å². The Morgan fingerprint density at radius 1 is 0.765 bits per heavy atom. The molecule has 0 aromatic heterocycles. The van der Waals surface area contributed by atoms with Gasteiger partial charge in [-0.1, -0.05) is 44.7 Å². The fourth-order valence-corrected chi connectivity index (χ4v) is 5.28. The summed E-state index contributed by atoms with van der Waals surface area (Å²) in [6.07, 6.45) is 5.53. The summed E-state index contributed by atoms with van der Waals surface area (Å²) in [5.41, 5.74) is 1.60. The fourth-order valence-electron chi connectivity index (χ4n) is 5.28. The van der Waals surface area contributed by atoms with Gasteiger partial charge in [-0.15, -0.1) is 0 Å². The van der Waals surface area contributed by atoms with Crippen LogP contribution in [0.1, 0.15) is 77.8 Å². The molecule has 0 aliphatic rings. The van der Waals surface area contributed by atoms with Crippen molar-refractivity contribution in [1.29, 1.82) is 0 Å². The second-order valence-corrected chi connectivity index (χ2v) is 12.1. The molecule has 0 heterocycles. The third kappa shape index (κ3) is 12.1. The number of carbonyl (C=O) groups excluding carboxylic acids is 4. The molecule has 51 heavy (non-hydrogen) atoms. The predicted molar refractivity (Wildman–Crippen MR) is 189 cm³/mol. The van der Waals surface area contributed by atoms with Crippen LogP contribution in [0.4, 0.5) is 14.5 Å². The maximum atomic E-state index is 13.5. The largest absolute Gasteiger partial charge is 0.494 e. The Hall–Kier alpha value is -5.58. The number of hydrogen-bond donors (Lipinski definition) is 2. The van der Waals surface area contributed by atoms with Crippen molar-refractivity contribution >= 4 is 29.3 Å². The molecular formula is C40H42F2N2O7. The summed E-state index contributed by atoms with van der Waals surface area (Å²) in [6, 6.07) is 19.6. The normalized spacial score (nSPS) is 11.3. The lowest BCUT2D eigenvalue weighted by atomic mass is 10.0. The molecule has 0 bridgehead atoms. The summed E-state index contributed by atoms with van der Waals surface area (Å²) in [5.74, 6) is -2.43. The Balaban J connectivity index is 1.34. The van der Waals surface area contributed by atoms with E-state index in [-0.39, 0.29) is 46.9 Å². The molecule has 4 aromatic rings. The lowest BCUT2D eigenvalue weighted by Crippen LogP contribution is -2.41. The van der Waals surface area contributed by atoms with Crippen LogP contribution in [-0.4, -0.2) is 43.3 Å². The predicted octanol–water partition coefficient (Wildman–Crippen LogP) is 7.65. The Bertz CT molecular complexity index is 1810. The molecule has 0 saturated carbocycles. The molecule has 0 saturated heterocycles. The van der Waals surface area contributed by atoms with Crippen LogP contribution < -0.4 is 24.8 Å². The maximum Gasteiger partial charge on any atom is 0.343 e. The first-order valence-electron chi connectivity index (χ1n) is 16.8. The van der Waals surface area contributed by atoms with E-state index in [9.17, 15) is 28.0 Å². The highest BCUT2D eigenvalue weighted by molar-refractivity contribution is 5.99. The molecule has 11 heteroatoms. The molecule has 0 aliphatic heterocycles. The van der Waals surface area contributed by atoms with Crippen molar-refractivity contribution in [2.75, 3.05) is 19.0 Å². The first-order valence-corrected chi connectivity index (χ1v) is 16.8. The standard InChI is InChI=1S/C40H42F2N2O7/c1-4-5-6-7-8-18-50-34-15-13-29(14-16-34)40(48)51-36-17-12-27(22-37(36)49-3)21-35(26(2)45)44-39(47)30-10-9-11-33(24-30)43-38(46)23-28-19-31(41)25-32(42)20-28/h9-17,19-20,22,24-25,35H,4-8,18,21,23H2,1-3H3,(H,43,46)(H,44,47). The number of methoxy groups -OCH3 is 1. The Labute approximate surface area is 296 Å². The zero-order valence-corrected chi connectivity index (χ0v) is 28.9. The van der Waals surface area contributed by atoms with Crippen LogP contribution in [0.2, 0.25) is 0 Å². The number of unbranched alkanes of at least 4 members (excludes halogenated alkanes) is 4. The third-order valence-corrected chi connectivity index (χ3v) is 7.97. The highest BCUT2D eigenvalue weighted by Gasteiger charge is 2.21. The number of ether oxygens (including phenoxy) is 3. The van der Waals surface area contributed by atoms with Crippen LogP contribution in [0.3, 0.4) is 0 Å². The van der Waals surface area contributed by atoms with E-state index in [1.807, 2.05) is 0 Å². The third-order valence-electron chi connectivity index (χ3n) is 7.97. The lowest BCUT2D eigenvalue weighted by Gasteiger charge is -2.18. The minimum absolute atomic E-state index is 0.117. The maximum absolute atomic E-state index is 13.5. The van der Waals surface area contributed by atoms with Crippen molar-refractivity contribution in [3.05, 3.63) is 119 Å². The van der Waals surface area contributed by atoms with E-state index in [1.54, 1.807) is 54.6 Å². The number of esters is 1. The van der Waals surface area contributed by atoms with Gasteiger partial charge in [0.25, 0.3) is 5.91 Å². The summed E-state index contributed by atoms with van der Waals surface area (Å²) in [7, 11) is 1.43. The van der Waals surface area contributed by atoms with Gasteiger partial charge in [-0.3, -0.25) is 14.4 Å². The molecule has 9 nitrogen and oxygen atoms in total. The number of ketones is 1. The Kier molecular flexibility index (Phi) is 14.2. The highest BCUT2D eigenvalue weighted by atomic mass is 19.1. The molecule has 4 aromatic carbocycles. The summed E-state index contributed by atoms with van der Waals surface area (Å²) in [4.78, 5) is 51.1. The van der Waals surface area contributed by atoms with Gasteiger partial charge < -0.3 is 24.8 Å². The monoisotopic (exact) mass is 700 g/mol. The number of hydrogen-bond acceptors (Lipinski definition) is 7. The number of carbonyl (C=O) groups is 4. The number of benzene rings is 4. The van der Waals surface area contributed by atoms with E-state index in [0.29, 0.717) is 23.5 Å². The van der Waals surface area contributed by atoms with Gasteiger partial charge in [0.2, 0.25) is 5.91 Å². The van der Waals surface area contributed by atoms with Gasteiger partial charge in [0.1, 0.15) is 17.4 Å². The molecule has 268 valence electrons. The zero-order chi connectivity index (χ0) is 36.8. The lowest BCUT2D eigenvalue weighted by molar-refractivity contribution is -0.119. The van der Waals surface area contributed by atoms with Gasteiger partial charge in [0.05, 0.1) is 31.7 Å². The molecular weight excluding hydrogens is 658 g/mol. The average molecular weight is 701 g/mol. The van der Waals surface area contributed by atoms with Crippen LogP contribution in [-0.2, 0) is 22.4 Å².